The Morgan fingerprint density at radius 3 is 2.80 bits per heavy atom. The van der Waals surface area contributed by atoms with E-state index in [4.69, 9.17) is 21.5 Å². The summed E-state index contributed by atoms with van der Waals surface area (Å²) in [5.41, 5.74) is 1.94. The summed E-state index contributed by atoms with van der Waals surface area (Å²) >= 11 is 5.62. The van der Waals surface area contributed by atoms with Crippen molar-refractivity contribution in [2.24, 2.45) is 5.16 Å². The maximum absolute atomic E-state index is 13.3. The summed E-state index contributed by atoms with van der Waals surface area (Å²) in [7, 11) is 0. The molecule has 20 heavy (non-hydrogen) atoms. The van der Waals surface area contributed by atoms with Gasteiger partial charge in [0.05, 0.1) is 10.7 Å². The van der Waals surface area contributed by atoms with Crippen LogP contribution in [-0.2, 0) is 6.61 Å². The second-order valence-corrected chi connectivity index (χ2v) is 4.66. The Balaban J connectivity index is 2.09. The van der Waals surface area contributed by atoms with E-state index in [-0.39, 0.29) is 11.6 Å². The lowest BCUT2D eigenvalue weighted by molar-refractivity contribution is 0.305. The van der Waals surface area contributed by atoms with Gasteiger partial charge in [0.2, 0.25) is 0 Å². The second kappa shape index (κ2) is 6.39. The fraction of sp³-hybridized carbons (Fsp3) is 0.133. The number of hydrogen-bond acceptors (Lipinski definition) is 3. The molecule has 1 N–H and O–H groups in total. The highest BCUT2D eigenvalue weighted by atomic mass is 35.5. The van der Waals surface area contributed by atoms with Crippen LogP contribution in [0.5, 0.6) is 5.75 Å². The van der Waals surface area contributed by atoms with Crippen LogP contribution < -0.4 is 4.74 Å². The molecule has 5 heteroatoms. The molecule has 2 rings (SSSR count). The fourth-order valence-corrected chi connectivity index (χ4v) is 1.78. The van der Waals surface area contributed by atoms with Crippen molar-refractivity contribution in [2.45, 2.75) is 13.5 Å². The number of halogens is 2. The first-order valence-corrected chi connectivity index (χ1v) is 6.34. The van der Waals surface area contributed by atoms with Crippen molar-refractivity contribution in [3.05, 3.63) is 64.4 Å². The summed E-state index contributed by atoms with van der Waals surface area (Å²) in [5, 5.41) is 12.0. The fourth-order valence-electron chi connectivity index (χ4n) is 1.66. The Labute approximate surface area is 121 Å². The van der Waals surface area contributed by atoms with E-state index in [1.807, 2.05) is 6.07 Å². The van der Waals surface area contributed by atoms with Crippen molar-refractivity contribution in [1.29, 1.82) is 0 Å². The summed E-state index contributed by atoms with van der Waals surface area (Å²) in [4.78, 5) is 0. The maximum atomic E-state index is 13.3. The van der Waals surface area contributed by atoms with Gasteiger partial charge in [-0.15, -0.1) is 0 Å². The lowest BCUT2D eigenvalue weighted by Crippen LogP contribution is -1.99. The largest absolute Gasteiger partial charge is 0.489 e. The maximum Gasteiger partial charge on any atom is 0.142 e. The number of rotatable bonds is 4. The zero-order valence-corrected chi connectivity index (χ0v) is 11.6. The minimum atomic E-state index is -0.468. The van der Waals surface area contributed by atoms with Crippen molar-refractivity contribution in [3.63, 3.8) is 0 Å². The Bertz CT molecular complexity index is 644. The van der Waals surface area contributed by atoms with Crippen LogP contribution in [0.1, 0.15) is 18.1 Å². The Morgan fingerprint density at radius 2 is 2.10 bits per heavy atom. The molecule has 0 bridgehead atoms. The number of hydrogen-bond donors (Lipinski definition) is 1. The number of ether oxygens (including phenoxy) is 1. The van der Waals surface area contributed by atoms with Gasteiger partial charge in [-0.3, -0.25) is 0 Å². The molecule has 0 saturated heterocycles. The van der Waals surface area contributed by atoms with E-state index >= 15 is 0 Å². The molecule has 0 spiro atoms. The highest BCUT2D eigenvalue weighted by molar-refractivity contribution is 6.30. The first-order chi connectivity index (χ1) is 9.60. The molecule has 3 nitrogen and oxygen atoms in total. The van der Waals surface area contributed by atoms with Gasteiger partial charge < -0.3 is 9.94 Å². The number of oxime groups is 1. The molecule has 2 aromatic rings. The van der Waals surface area contributed by atoms with E-state index in [0.29, 0.717) is 17.0 Å². The molecule has 0 unspecified atom stereocenters. The smallest absolute Gasteiger partial charge is 0.142 e. The van der Waals surface area contributed by atoms with Gasteiger partial charge in [0, 0.05) is 5.56 Å². The number of benzene rings is 2. The van der Waals surface area contributed by atoms with Crippen molar-refractivity contribution in [2.75, 3.05) is 0 Å². The van der Waals surface area contributed by atoms with Crippen molar-refractivity contribution >= 4 is 17.3 Å². The molecular weight excluding hydrogens is 281 g/mol. The first kappa shape index (κ1) is 14.3. The zero-order chi connectivity index (χ0) is 14.5. The van der Waals surface area contributed by atoms with Crippen LogP contribution in [0.15, 0.2) is 47.6 Å². The quantitative estimate of drug-likeness (QED) is 0.520. The van der Waals surface area contributed by atoms with Crippen molar-refractivity contribution in [1.82, 2.24) is 0 Å². The molecule has 0 saturated carbocycles. The average Bonchev–Trinajstić information content (AvgIpc) is 2.48. The summed E-state index contributed by atoms with van der Waals surface area (Å²) < 4.78 is 18.9. The minimum Gasteiger partial charge on any atom is -0.489 e. The van der Waals surface area contributed by atoms with Gasteiger partial charge in [-0.2, -0.15) is 0 Å². The van der Waals surface area contributed by atoms with Gasteiger partial charge in [-0.1, -0.05) is 35.0 Å². The van der Waals surface area contributed by atoms with Gasteiger partial charge >= 0.3 is 0 Å². The predicted molar refractivity (Wildman–Crippen MR) is 76.2 cm³/mol. The molecule has 0 aliphatic carbocycles. The third-order valence-corrected chi connectivity index (χ3v) is 3.10. The van der Waals surface area contributed by atoms with E-state index < -0.39 is 5.82 Å². The van der Waals surface area contributed by atoms with Crippen LogP contribution in [0.4, 0.5) is 4.39 Å². The molecule has 0 atom stereocenters. The summed E-state index contributed by atoms with van der Waals surface area (Å²) in [5.74, 6) is 0.144. The predicted octanol–water partition coefficient (Wildman–Crippen LogP) is 4.26. The lowest BCUT2D eigenvalue weighted by Gasteiger charge is -2.08. The summed E-state index contributed by atoms with van der Waals surface area (Å²) in [6, 6.07) is 11.7. The SMILES string of the molecule is C/C(=N/O)c1cccc(OCc2ccc(Cl)c(F)c2)c1. The van der Waals surface area contributed by atoms with Crippen LogP contribution in [0, 0.1) is 5.82 Å². The molecule has 0 amide bonds. The third-order valence-electron chi connectivity index (χ3n) is 2.79. The van der Waals surface area contributed by atoms with Crippen LogP contribution >= 0.6 is 11.6 Å². The van der Waals surface area contributed by atoms with Crippen molar-refractivity contribution < 1.29 is 14.3 Å². The standard InChI is InChI=1S/C15H13ClFNO2/c1-10(18-19)12-3-2-4-13(8-12)20-9-11-5-6-14(16)15(17)7-11/h2-8,19H,9H2,1H3/b18-10-. The monoisotopic (exact) mass is 293 g/mol. The van der Waals surface area contributed by atoms with E-state index in [0.717, 1.165) is 5.56 Å². The summed E-state index contributed by atoms with van der Waals surface area (Å²) in [6.07, 6.45) is 0. The molecule has 0 fully saturated rings. The van der Waals surface area contributed by atoms with E-state index in [1.54, 1.807) is 31.2 Å². The minimum absolute atomic E-state index is 0.0885. The molecule has 0 aliphatic rings. The van der Waals surface area contributed by atoms with Gasteiger partial charge in [-0.25, -0.2) is 4.39 Å². The van der Waals surface area contributed by atoms with Gasteiger partial charge in [-0.05, 0) is 36.8 Å². The lowest BCUT2D eigenvalue weighted by atomic mass is 10.1. The highest BCUT2D eigenvalue weighted by Gasteiger charge is 2.03. The van der Waals surface area contributed by atoms with Gasteiger partial charge in [0.1, 0.15) is 18.2 Å². The van der Waals surface area contributed by atoms with Gasteiger partial charge in [0.15, 0.2) is 0 Å². The Kier molecular flexibility index (Phi) is 4.58. The molecule has 0 radical (unpaired) electrons. The average molecular weight is 294 g/mol. The first-order valence-electron chi connectivity index (χ1n) is 5.96. The van der Waals surface area contributed by atoms with E-state index in [9.17, 15) is 4.39 Å². The molecule has 0 aromatic heterocycles. The Hall–Kier alpha value is -2.07. The zero-order valence-electron chi connectivity index (χ0n) is 10.8. The van der Waals surface area contributed by atoms with Gasteiger partial charge in [0.25, 0.3) is 0 Å². The molecule has 0 aliphatic heterocycles. The third kappa shape index (κ3) is 3.48. The molecule has 104 valence electrons. The number of nitrogens with zero attached hydrogens (tertiary/aromatic N) is 1. The molecule has 2 aromatic carbocycles. The summed E-state index contributed by atoms with van der Waals surface area (Å²) in [6.45, 7) is 1.92. The van der Waals surface area contributed by atoms with E-state index in [1.165, 1.54) is 12.1 Å². The topological polar surface area (TPSA) is 41.8 Å². The van der Waals surface area contributed by atoms with Crippen LogP contribution in [0.2, 0.25) is 5.02 Å². The van der Waals surface area contributed by atoms with E-state index in [2.05, 4.69) is 5.16 Å². The van der Waals surface area contributed by atoms with Crippen molar-refractivity contribution in [3.8, 4) is 5.75 Å². The van der Waals surface area contributed by atoms with Crippen LogP contribution in [0.3, 0.4) is 0 Å². The molecular formula is C15H13ClFNO2. The highest BCUT2D eigenvalue weighted by Crippen LogP contribution is 2.19. The second-order valence-electron chi connectivity index (χ2n) is 4.25. The molecule has 0 heterocycles. The van der Waals surface area contributed by atoms with Crippen LogP contribution in [-0.4, -0.2) is 10.9 Å². The van der Waals surface area contributed by atoms with Crippen LogP contribution in [0.25, 0.3) is 0 Å². The normalized spacial score (nSPS) is 11.4. The Morgan fingerprint density at radius 1 is 1.30 bits per heavy atom.